The maximum absolute atomic E-state index is 13.7. The Labute approximate surface area is 332 Å². The van der Waals surface area contributed by atoms with Crippen LogP contribution in [0.2, 0.25) is 0 Å². The standard InChI is InChI=1S/C44H50N8O5/c1-25(2)38(51-44(55)57-4)43(54)52-20-6-8-35(52)39-46-23-33(49-39)28-13-9-26(10-14-28)27-11-15-29(16-12-27)34-24-47-40(50-34)36-30-17-18-31(21-30)37(36)41(53)48-22-32-7-5-19-45-42(32)56-3/h5,7,9-16,19,23-25,30-31,35-38H,6,8,17-18,20-22H2,1-4H3,(H,46,49)(H,47,50)(H,48,53)(H,51,55)/t30?,31?,35-,36?,37-,38-/m0/s1. The molecule has 4 N–H and O–H groups in total. The average molecular weight is 771 g/mol. The van der Waals surface area contributed by atoms with E-state index in [1.54, 1.807) is 13.3 Å². The number of nitrogens with zero attached hydrogens (tertiary/aromatic N) is 4. The van der Waals surface area contributed by atoms with Gasteiger partial charge in [0.1, 0.15) is 17.7 Å². The molecule has 3 amide bonds. The van der Waals surface area contributed by atoms with Crippen LogP contribution in [0.4, 0.5) is 4.79 Å². The van der Waals surface area contributed by atoms with Crippen molar-refractivity contribution >= 4 is 17.9 Å². The van der Waals surface area contributed by atoms with Crippen molar-refractivity contribution in [1.82, 2.24) is 40.5 Å². The lowest BCUT2D eigenvalue weighted by Crippen LogP contribution is -2.51. The number of fused-ring (bicyclic) bond motifs is 2. The van der Waals surface area contributed by atoms with Crippen LogP contribution in [0.25, 0.3) is 33.6 Å². The molecule has 5 aromatic rings. The number of H-pyrrole nitrogens is 2. The zero-order valence-corrected chi connectivity index (χ0v) is 32.8. The number of hydrogen-bond donors (Lipinski definition) is 4. The number of pyridine rings is 1. The first-order valence-corrected chi connectivity index (χ1v) is 19.9. The van der Waals surface area contributed by atoms with E-state index in [2.05, 4.69) is 79.1 Å². The topological polar surface area (TPSA) is 167 Å². The molecule has 2 bridgehead atoms. The van der Waals surface area contributed by atoms with E-state index in [1.807, 2.05) is 43.3 Å². The van der Waals surface area contributed by atoms with Crippen molar-refractivity contribution in [3.8, 4) is 39.5 Å². The molecule has 13 heteroatoms. The van der Waals surface area contributed by atoms with Crippen molar-refractivity contribution in [2.45, 2.75) is 70.5 Å². The van der Waals surface area contributed by atoms with Crippen molar-refractivity contribution in [3.63, 3.8) is 0 Å². The number of hydrogen-bond acceptors (Lipinski definition) is 8. The van der Waals surface area contributed by atoms with Gasteiger partial charge in [-0.25, -0.2) is 19.7 Å². The molecule has 0 spiro atoms. The summed E-state index contributed by atoms with van der Waals surface area (Å²) >= 11 is 0. The number of carbonyl (C=O) groups excluding carboxylic acids is 3. The highest BCUT2D eigenvalue weighted by molar-refractivity contribution is 5.86. The van der Waals surface area contributed by atoms with Gasteiger partial charge in [-0.2, -0.15) is 0 Å². The van der Waals surface area contributed by atoms with E-state index in [9.17, 15) is 14.4 Å². The van der Waals surface area contributed by atoms with Crippen LogP contribution in [0.15, 0.2) is 79.3 Å². The number of alkyl carbamates (subject to hydrolysis) is 1. The third kappa shape index (κ3) is 7.62. The van der Waals surface area contributed by atoms with Gasteiger partial charge in [-0.3, -0.25) is 9.59 Å². The number of aromatic amines is 2. The monoisotopic (exact) mass is 770 g/mol. The second-order valence-corrected chi connectivity index (χ2v) is 15.8. The molecule has 1 aliphatic heterocycles. The predicted octanol–water partition coefficient (Wildman–Crippen LogP) is 7.03. The van der Waals surface area contributed by atoms with Gasteiger partial charge < -0.3 is 35.0 Å². The van der Waals surface area contributed by atoms with Crippen molar-refractivity contribution < 1.29 is 23.9 Å². The van der Waals surface area contributed by atoms with Crippen molar-refractivity contribution in [2.75, 3.05) is 20.8 Å². The highest BCUT2D eigenvalue weighted by Crippen LogP contribution is 2.56. The second-order valence-electron chi connectivity index (χ2n) is 15.8. The number of methoxy groups -OCH3 is 2. The molecule has 3 aromatic heterocycles. The van der Waals surface area contributed by atoms with E-state index in [-0.39, 0.29) is 35.6 Å². The predicted molar refractivity (Wildman–Crippen MR) is 215 cm³/mol. The number of carbonyl (C=O) groups is 3. The Kier molecular flexibility index (Phi) is 10.8. The number of nitrogens with one attached hydrogen (secondary N) is 4. The van der Waals surface area contributed by atoms with Crippen LogP contribution in [0.3, 0.4) is 0 Å². The van der Waals surface area contributed by atoms with E-state index in [0.717, 1.165) is 83.0 Å². The van der Waals surface area contributed by atoms with Gasteiger partial charge >= 0.3 is 6.09 Å². The first-order chi connectivity index (χ1) is 27.7. The summed E-state index contributed by atoms with van der Waals surface area (Å²) in [6.07, 6.45) is 9.68. The van der Waals surface area contributed by atoms with Crippen LogP contribution >= 0.6 is 0 Å². The second kappa shape index (κ2) is 16.2. The van der Waals surface area contributed by atoms with Crippen molar-refractivity contribution in [1.29, 1.82) is 0 Å². The lowest BCUT2D eigenvalue weighted by Gasteiger charge is -2.30. The van der Waals surface area contributed by atoms with Gasteiger partial charge in [-0.05, 0) is 78.2 Å². The summed E-state index contributed by atoms with van der Waals surface area (Å²) in [5.41, 5.74) is 6.87. The zero-order valence-electron chi connectivity index (χ0n) is 32.8. The number of rotatable bonds is 12. The van der Waals surface area contributed by atoms with Crippen LogP contribution in [-0.4, -0.2) is 74.5 Å². The fraction of sp³-hybridized carbons (Fsp3) is 0.409. The van der Waals surface area contributed by atoms with E-state index < -0.39 is 12.1 Å². The Balaban J connectivity index is 0.916. The molecule has 4 heterocycles. The molecular weight excluding hydrogens is 721 g/mol. The highest BCUT2D eigenvalue weighted by atomic mass is 16.5. The smallest absolute Gasteiger partial charge is 0.407 e. The van der Waals surface area contributed by atoms with Crippen LogP contribution < -0.4 is 15.4 Å². The Morgan fingerprint density at radius 2 is 1.46 bits per heavy atom. The molecule has 0 radical (unpaired) electrons. The molecule has 6 atom stereocenters. The van der Waals surface area contributed by atoms with Crippen molar-refractivity contribution in [3.05, 3.63) is 96.5 Å². The van der Waals surface area contributed by atoms with Gasteiger partial charge in [0.25, 0.3) is 0 Å². The summed E-state index contributed by atoms with van der Waals surface area (Å²) in [6, 6.07) is 19.7. The maximum atomic E-state index is 13.7. The molecule has 3 aliphatic rings. The van der Waals surface area contributed by atoms with Gasteiger partial charge in [0, 0.05) is 30.8 Å². The summed E-state index contributed by atoms with van der Waals surface area (Å²) in [5.74, 6) is 2.73. The number of likely N-dealkylation sites (tertiary alicyclic amines) is 1. The minimum absolute atomic E-state index is 0.0594. The first kappa shape index (κ1) is 37.9. The molecule has 2 aromatic carbocycles. The summed E-state index contributed by atoms with van der Waals surface area (Å²) in [4.78, 5) is 61.8. The lowest BCUT2D eigenvalue weighted by atomic mass is 9.78. The highest BCUT2D eigenvalue weighted by Gasteiger charge is 2.52. The minimum atomic E-state index is -0.680. The molecule has 2 aliphatic carbocycles. The van der Waals surface area contributed by atoms with Crippen LogP contribution in [0.1, 0.15) is 75.1 Å². The summed E-state index contributed by atoms with van der Waals surface area (Å²) in [6.45, 7) is 4.79. The van der Waals surface area contributed by atoms with Crippen LogP contribution in [0, 0.1) is 23.7 Å². The molecule has 296 valence electrons. The number of benzene rings is 2. The van der Waals surface area contributed by atoms with Crippen LogP contribution in [-0.2, 0) is 20.9 Å². The van der Waals surface area contributed by atoms with E-state index in [1.165, 1.54) is 7.11 Å². The normalized spacial score (nSPS) is 21.8. The molecule has 3 fully saturated rings. The average Bonchev–Trinajstić information content (AvgIpc) is 4.10. The molecule has 3 unspecified atom stereocenters. The van der Waals surface area contributed by atoms with E-state index >= 15 is 0 Å². The fourth-order valence-electron chi connectivity index (χ4n) is 9.29. The van der Waals surface area contributed by atoms with Crippen LogP contribution in [0.5, 0.6) is 5.88 Å². The quantitative estimate of drug-likeness (QED) is 0.105. The van der Waals surface area contributed by atoms with Gasteiger partial charge in [0.2, 0.25) is 17.7 Å². The molecular formula is C44H50N8O5. The number of aromatic nitrogens is 5. The Hall–Kier alpha value is -5.98. The largest absolute Gasteiger partial charge is 0.481 e. The number of ether oxygens (including phenoxy) is 2. The minimum Gasteiger partial charge on any atom is -0.481 e. The molecule has 13 nitrogen and oxygen atoms in total. The third-order valence-corrected chi connectivity index (χ3v) is 12.2. The summed E-state index contributed by atoms with van der Waals surface area (Å²) in [5, 5.41) is 5.87. The lowest BCUT2D eigenvalue weighted by molar-refractivity contribution is -0.135. The fourth-order valence-corrected chi connectivity index (χ4v) is 9.29. The SMILES string of the molecule is COC(=O)N[C@H](C(=O)N1CCC[C@H]1c1ncc(-c2ccc(-c3ccc(-c4cnc(C5C6CCC(C6)[C@@H]5C(=O)NCc5cccnc5OC)[nH]4)cc3)cc2)[nH]1)C(C)C. The summed E-state index contributed by atoms with van der Waals surface area (Å²) in [7, 11) is 2.89. The Bertz CT molecular complexity index is 2210. The third-order valence-electron chi connectivity index (χ3n) is 12.2. The Morgan fingerprint density at radius 1 is 0.825 bits per heavy atom. The zero-order chi connectivity index (χ0) is 39.6. The number of imidazole rings is 2. The van der Waals surface area contributed by atoms with Gasteiger partial charge in [0.05, 0.1) is 50.0 Å². The molecule has 1 saturated heterocycles. The van der Waals surface area contributed by atoms with Crippen molar-refractivity contribution in [2.24, 2.45) is 23.7 Å². The molecule has 2 saturated carbocycles. The summed E-state index contributed by atoms with van der Waals surface area (Å²) < 4.78 is 10.1. The first-order valence-electron chi connectivity index (χ1n) is 19.9. The maximum Gasteiger partial charge on any atom is 0.407 e. The van der Waals surface area contributed by atoms with Gasteiger partial charge in [-0.15, -0.1) is 0 Å². The van der Waals surface area contributed by atoms with E-state index in [4.69, 9.17) is 14.5 Å². The van der Waals surface area contributed by atoms with Gasteiger partial charge in [-0.1, -0.05) is 68.4 Å². The van der Waals surface area contributed by atoms with Gasteiger partial charge in [0.15, 0.2) is 0 Å². The number of amides is 3. The van der Waals surface area contributed by atoms with E-state index in [0.29, 0.717) is 30.8 Å². The Morgan fingerprint density at radius 3 is 2.11 bits per heavy atom. The molecule has 57 heavy (non-hydrogen) atoms. The molecule has 8 rings (SSSR count).